The lowest BCUT2D eigenvalue weighted by Gasteiger charge is -2.31. The average molecular weight is 803 g/mol. The number of likely N-dealkylation sites (tertiary alicyclic amines) is 1. The Bertz CT molecular complexity index is 2290. The van der Waals surface area contributed by atoms with Crippen molar-refractivity contribution >= 4 is 40.2 Å². The molecular formula is C46H54N6O7. The molecule has 6 rings (SSSR count). The molecule has 13 nitrogen and oxygen atoms in total. The van der Waals surface area contributed by atoms with Crippen LogP contribution in [0.2, 0.25) is 0 Å². The fourth-order valence-corrected chi connectivity index (χ4v) is 7.43. The molecule has 1 fully saturated rings. The first-order valence-electron chi connectivity index (χ1n) is 20.2. The van der Waals surface area contributed by atoms with Crippen LogP contribution in [0.15, 0.2) is 95.8 Å². The molecule has 5 aromatic rings. The van der Waals surface area contributed by atoms with Crippen molar-refractivity contribution in [1.82, 2.24) is 20.1 Å². The number of methoxy groups -OCH3 is 1. The van der Waals surface area contributed by atoms with Crippen molar-refractivity contribution in [3.63, 3.8) is 0 Å². The third-order valence-electron chi connectivity index (χ3n) is 10.8. The van der Waals surface area contributed by atoms with E-state index >= 15 is 0 Å². The number of anilines is 2. The van der Waals surface area contributed by atoms with E-state index in [0.29, 0.717) is 80.9 Å². The number of aromatic amines is 1. The van der Waals surface area contributed by atoms with Gasteiger partial charge in [0.15, 0.2) is 0 Å². The zero-order valence-electron chi connectivity index (χ0n) is 34.0. The van der Waals surface area contributed by atoms with Gasteiger partial charge in [-0.1, -0.05) is 54.6 Å². The van der Waals surface area contributed by atoms with Crippen LogP contribution in [0.1, 0.15) is 48.8 Å². The van der Waals surface area contributed by atoms with E-state index in [0.717, 1.165) is 46.3 Å². The van der Waals surface area contributed by atoms with Crippen molar-refractivity contribution in [3.05, 3.63) is 118 Å². The predicted molar refractivity (Wildman–Crippen MR) is 231 cm³/mol. The van der Waals surface area contributed by atoms with Crippen molar-refractivity contribution in [3.8, 4) is 22.6 Å². The summed E-state index contributed by atoms with van der Waals surface area (Å²) < 4.78 is 11.4. The number of phenolic OH excluding ortho intramolecular Hbond substituents is 1. The number of aromatic nitrogens is 1. The Labute approximate surface area is 344 Å². The molecule has 4 aromatic carbocycles. The van der Waals surface area contributed by atoms with Crippen LogP contribution in [0.25, 0.3) is 22.0 Å². The first-order valence-corrected chi connectivity index (χ1v) is 20.2. The topological polar surface area (TPSA) is 165 Å². The van der Waals surface area contributed by atoms with Crippen LogP contribution < -0.4 is 26.2 Å². The Hall–Kier alpha value is -6.18. The summed E-state index contributed by atoms with van der Waals surface area (Å²) in [4.78, 5) is 57.0. The largest absolute Gasteiger partial charge is 0.506 e. The Kier molecular flexibility index (Phi) is 14.7. The number of para-hydroxylation sites is 1. The van der Waals surface area contributed by atoms with Gasteiger partial charge in [0.25, 0.3) is 0 Å². The van der Waals surface area contributed by atoms with Gasteiger partial charge in [-0.15, -0.1) is 0 Å². The zero-order chi connectivity index (χ0) is 41.7. The number of aryl methyl sites for hydroxylation is 1. The smallest absolute Gasteiger partial charge is 0.411 e. The summed E-state index contributed by atoms with van der Waals surface area (Å²) in [7, 11) is 3.37. The summed E-state index contributed by atoms with van der Waals surface area (Å²) in [5, 5.41) is 20.3. The number of nitrogens with one attached hydrogen (secondary N) is 4. The molecule has 0 bridgehead atoms. The highest BCUT2D eigenvalue weighted by Crippen LogP contribution is 2.30. The second-order valence-corrected chi connectivity index (χ2v) is 15.0. The summed E-state index contributed by atoms with van der Waals surface area (Å²) >= 11 is 0. The van der Waals surface area contributed by atoms with Gasteiger partial charge in [-0.25, -0.2) is 4.79 Å². The quantitative estimate of drug-likeness (QED) is 0.0634. The molecule has 0 unspecified atom stereocenters. The minimum absolute atomic E-state index is 0.0257. The van der Waals surface area contributed by atoms with Gasteiger partial charge in [0, 0.05) is 86.9 Å². The fraction of sp³-hybridized carbons (Fsp3) is 0.348. The minimum atomic E-state index is -0.468. The van der Waals surface area contributed by atoms with Crippen LogP contribution in [0, 0.1) is 6.92 Å². The number of H-pyrrole nitrogens is 1. The molecule has 0 saturated carbocycles. The highest BCUT2D eigenvalue weighted by molar-refractivity contribution is 5.92. The van der Waals surface area contributed by atoms with E-state index in [-0.39, 0.29) is 35.6 Å². The van der Waals surface area contributed by atoms with Crippen LogP contribution >= 0.6 is 0 Å². The molecule has 0 radical (unpaired) electrons. The highest BCUT2D eigenvalue weighted by Gasteiger charge is 2.24. The van der Waals surface area contributed by atoms with E-state index < -0.39 is 6.09 Å². The number of amides is 3. The lowest BCUT2D eigenvalue weighted by atomic mass is 10.0. The summed E-state index contributed by atoms with van der Waals surface area (Å²) in [5.74, 6) is 0.583. The van der Waals surface area contributed by atoms with E-state index in [1.165, 1.54) is 6.07 Å². The van der Waals surface area contributed by atoms with Crippen LogP contribution in [0.4, 0.5) is 16.2 Å². The molecule has 13 heteroatoms. The molecule has 1 saturated heterocycles. The van der Waals surface area contributed by atoms with Gasteiger partial charge in [-0.3, -0.25) is 19.7 Å². The molecule has 310 valence electrons. The van der Waals surface area contributed by atoms with Gasteiger partial charge in [0.05, 0.1) is 18.3 Å². The van der Waals surface area contributed by atoms with Gasteiger partial charge in [0.2, 0.25) is 17.4 Å². The SMILES string of the molecule is COc1cc(NC(=O)CCCN(C)C(=O)CCN2CCC(OC(=O)Nc3ccccc3-c3ccccc3)CC2)c(C)cc1CNCCc1ccc(O)c2[nH]c(=O)ccc12. The maximum Gasteiger partial charge on any atom is 0.411 e. The minimum Gasteiger partial charge on any atom is -0.506 e. The number of fused-ring (bicyclic) bond motifs is 1. The first kappa shape index (κ1) is 42.4. The normalized spacial score (nSPS) is 13.2. The first-order chi connectivity index (χ1) is 28.6. The molecule has 1 aromatic heterocycles. The number of ether oxygens (including phenoxy) is 2. The number of nitrogens with zero attached hydrogens (tertiary/aromatic N) is 2. The number of hydrogen-bond donors (Lipinski definition) is 5. The number of carbonyl (C=O) groups is 3. The van der Waals surface area contributed by atoms with Crippen LogP contribution in [0.5, 0.6) is 11.5 Å². The van der Waals surface area contributed by atoms with E-state index in [1.807, 2.05) is 79.7 Å². The number of carbonyl (C=O) groups excluding carboxylic acids is 3. The van der Waals surface area contributed by atoms with Crippen molar-refractivity contribution in [2.75, 3.05) is 57.5 Å². The molecule has 1 aliphatic heterocycles. The molecule has 2 heterocycles. The van der Waals surface area contributed by atoms with Gasteiger partial charge in [0.1, 0.15) is 17.6 Å². The maximum absolute atomic E-state index is 12.9. The Morgan fingerprint density at radius 1 is 0.898 bits per heavy atom. The van der Waals surface area contributed by atoms with Crippen molar-refractivity contribution in [1.29, 1.82) is 0 Å². The van der Waals surface area contributed by atoms with E-state index in [2.05, 4.69) is 25.8 Å². The van der Waals surface area contributed by atoms with Crippen LogP contribution in [0.3, 0.4) is 0 Å². The Balaban J connectivity index is 0.866. The van der Waals surface area contributed by atoms with Gasteiger partial charge in [-0.05, 0) is 80.1 Å². The second kappa shape index (κ2) is 20.5. The number of aromatic hydroxyl groups is 1. The summed E-state index contributed by atoms with van der Waals surface area (Å²) in [6.45, 7) is 5.70. The average Bonchev–Trinajstić information content (AvgIpc) is 3.24. The highest BCUT2D eigenvalue weighted by atomic mass is 16.6. The number of hydrogen-bond acceptors (Lipinski definition) is 9. The summed E-state index contributed by atoms with van der Waals surface area (Å²) in [5.41, 5.74) is 6.34. The van der Waals surface area contributed by atoms with Crippen molar-refractivity contribution in [2.24, 2.45) is 0 Å². The lowest BCUT2D eigenvalue weighted by Crippen LogP contribution is -2.40. The monoisotopic (exact) mass is 802 g/mol. The fourth-order valence-electron chi connectivity index (χ4n) is 7.43. The maximum atomic E-state index is 12.9. The Morgan fingerprint density at radius 3 is 2.44 bits per heavy atom. The standard InChI is InChI=1S/C46H54N6O7/c1-31-28-34(30-47-23-19-33-15-17-40(53)45-37(33)16-18-43(55)50-45)41(58-3)29-39(31)48-42(54)14-9-24-51(2)44(56)22-27-52-25-20-35(21-26-52)59-46(57)49-38-13-8-7-12-36(38)32-10-5-4-6-11-32/h4-8,10-13,15-18,28-29,35,47,53H,9,14,19-27,30H2,1-3H3,(H,48,54)(H,49,57)(H,50,55). The second-order valence-electron chi connectivity index (χ2n) is 15.0. The summed E-state index contributed by atoms with van der Waals surface area (Å²) in [6.07, 6.45) is 2.59. The number of benzene rings is 4. The molecule has 0 atom stereocenters. The molecule has 1 aliphatic rings. The third-order valence-corrected chi connectivity index (χ3v) is 10.8. The lowest BCUT2D eigenvalue weighted by molar-refractivity contribution is -0.130. The van der Waals surface area contributed by atoms with Gasteiger partial charge in [-0.2, -0.15) is 0 Å². The number of pyridine rings is 1. The van der Waals surface area contributed by atoms with Crippen LogP contribution in [-0.2, 0) is 27.3 Å². The zero-order valence-corrected chi connectivity index (χ0v) is 34.0. The van der Waals surface area contributed by atoms with E-state index in [4.69, 9.17) is 9.47 Å². The van der Waals surface area contributed by atoms with E-state index in [9.17, 15) is 24.3 Å². The number of rotatable bonds is 17. The van der Waals surface area contributed by atoms with Crippen LogP contribution in [-0.4, -0.2) is 90.8 Å². The Morgan fingerprint density at radius 2 is 1.66 bits per heavy atom. The third kappa shape index (κ3) is 11.7. The molecule has 0 spiro atoms. The molecule has 3 amide bonds. The van der Waals surface area contributed by atoms with Crippen molar-refractivity contribution < 1.29 is 29.0 Å². The number of phenols is 1. The summed E-state index contributed by atoms with van der Waals surface area (Å²) in [6, 6.07) is 28.0. The molecular weight excluding hydrogens is 749 g/mol. The predicted octanol–water partition coefficient (Wildman–Crippen LogP) is 6.83. The molecule has 5 N–H and O–H groups in total. The molecule has 0 aliphatic carbocycles. The van der Waals surface area contributed by atoms with Gasteiger partial charge >= 0.3 is 6.09 Å². The number of piperidine rings is 1. The van der Waals surface area contributed by atoms with Gasteiger partial charge < -0.3 is 40.0 Å². The van der Waals surface area contributed by atoms with Crippen molar-refractivity contribution in [2.45, 2.75) is 58.1 Å². The molecule has 59 heavy (non-hydrogen) atoms. The van der Waals surface area contributed by atoms with E-state index in [1.54, 1.807) is 31.2 Å².